The number of aliphatic imine (C=N–C) groups is 1. The van der Waals surface area contributed by atoms with E-state index in [4.69, 9.17) is 11.6 Å². The number of halogens is 4. The molecule has 0 amide bonds. The zero-order chi connectivity index (χ0) is 18.9. The lowest BCUT2D eigenvalue weighted by molar-refractivity contribution is -0.0504. The maximum absolute atomic E-state index is 12.5. The average molecular weight is 515 g/mol. The fraction of sp³-hybridized carbons (Fsp3) is 0.438. The van der Waals surface area contributed by atoms with Gasteiger partial charge in [-0.25, -0.2) is 4.99 Å². The van der Waals surface area contributed by atoms with Crippen molar-refractivity contribution >= 4 is 41.5 Å². The van der Waals surface area contributed by atoms with Crippen LogP contribution in [0.2, 0.25) is 5.02 Å². The van der Waals surface area contributed by atoms with E-state index >= 15 is 0 Å². The number of ether oxygens (including phenoxy) is 1. The van der Waals surface area contributed by atoms with Crippen LogP contribution in [0.3, 0.4) is 0 Å². The van der Waals surface area contributed by atoms with Gasteiger partial charge < -0.3 is 19.9 Å². The van der Waals surface area contributed by atoms with E-state index in [0.29, 0.717) is 29.6 Å². The molecule has 0 aliphatic rings. The van der Waals surface area contributed by atoms with Gasteiger partial charge in [-0.05, 0) is 32.0 Å². The van der Waals surface area contributed by atoms with E-state index in [1.807, 2.05) is 18.4 Å². The smallest absolute Gasteiger partial charge is 0.387 e. The number of hydrogen-bond donors (Lipinski definition) is 2. The molecule has 1 aromatic carbocycles. The fourth-order valence-electron chi connectivity index (χ4n) is 2.23. The van der Waals surface area contributed by atoms with E-state index in [-0.39, 0.29) is 36.3 Å². The molecule has 2 N–H and O–H groups in total. The summed E-state index contributed by atoms with van der Waals surface area (Å²) >= 11 is 5.95. The molecule has 0 fully saturated rings. The topological polar surface area (TPSA) is 76.4 Å². The van der Waals surface area contributed by atoms with Crippen molar-refractivity contribution < 1.29 is 13.5 Å². The Morgan fingerprint density at radius 1 is 1.33 bits per heavy atom. The first kappa shape index (κ1) is 23.3. The van der Waals surface area contributed by atoms with Crippen LogP contribution in [0, 0.1) is 0 Å². The Hall–Kier alpha value is -1.69. The predicted octanol–water partition coefficient (Wildman–Crippen LogP) is 3.43. The lowest BCUT2D eigenvalue weighted by atomic mass is 10.2. The van der Waals surface area contributed by atoms with Crippen LogP contribution in [-0.2, 0) is 19.6 Å². The van der Waals surface area contributed by atoms with Gasteiger partial charge in [-0.15, -0.1) is 34.2 Å². The minimum atomic E-state index is -2.91. The highest BCUT2D eigenvalue weighted by Gasteiger charge is 2.11. The summed E-state index contributed by atoms with van der Waals surface area (Å²) in [5, 5.41) is 14.6. The first-order chi connectivity index (χ1) is 12.5. The number of benzene rings is 1. The number of aryl methyl sites for hydroxylation is 1. The molecular formula is C16H22ClF2IN6O. The van der Waals surface area contributed by atoms with Gasteiger partial charge in [0.25, 0.3) is 0 Å². The Kier molecular flexibility index (Phi) is 10.3. The molecule has 0 saturated carbocycles. The Balaban J connectivity index is 0.00000364. The largest absolute Gasteiger partial charge is 0.434 e. The van der Waals surface area contributed by atoms with Crippen LogP contribution in [-0.4, -0.2) is 33.9 Å². The lowest BCUT2D eigenvalue weighted by Gasteiger charge is -2.13. The lowest BCUT2D eigenvalue weighted by Crippen LogP contribution is -2.37. The predicted molar refractivity (Wildman–Crippen MR) is 111 cm³/mol. The molecule has 0 spiro atoms. The molecule has 0 radical (unpaired) electrons. The third-order valence-electron chi connectivity index (χ3n) is 3.44. The Morgan fingerprint density at radius 3 is 2.78 bits per heavy atom. The molecule has 7 nitrogen and oxygen atoms in total. The molecule has 2 rings (SSSR count). The van der Waals surface area contributed by atoms with Crippen molar-refractivity contribution in [2.45, 2.75) is 40.1 Å². The molecule has 150 valence electrons. The second-order valence-corrected chi connectivity index (χ2v) is 5.65. The zero-order valence-electron chi connectivity index (χ0n) is 15.0. The molecule has 0 bridgehead atoms. The van der Waals surface area contributed by atoms with Crippen molar-refractivity contribution in [1.82, 2.24) is 25.4 Å². The molecule has 0 atom stereocenters. The van der Waals surface area contributed by atoms with Crippen LogP contribution >= 0.6 is 35.6 Å². The monoisotopic (exact) mass is 514 g/mol. The first-order valence-corrected chi connectivity index (χ1v) is 8.53. The number of hydrogen-bond acceptors (Lipinski definition) is 4. The van der Waals surface area contributed by atoms with Crippen LogP contribution < -0.4 is 15.4 Å². The van der Waals surface area contributed by atoms with Crippen molar-refractivity contribution in [3.63, 3.8) is 0 Å². The highest BCUT2D eigenvalue weighted by Crippen LogP contribution is 2.25. The minimum absolute atomic E-state index is 0. The summed E-state index contributed by atoms with van der Waals surface area (Å²) in [6, 6.07) is 4.46. The molecule has 0 aliphatic carbocycles. The van der Waals surface area contributed by atoms with Gasteiger partial charge in [-0.3, -0.25) is 0 Å². The van der Waals surface area contributed by atoms with E-state index in [9.17, 15) is 8.78 Å². The summed E-state index contributed by atoms with van der Waals surface area (Å²) < 4.78 is 31.5. The molecule has 1 heterocycles. The SMILES string of the molecule is CCNC(=NCc1cc(Cl)ccc1OC(F)F)NCc1nncn1CC.I. The maximum atomic E-state index is 12.5. The number of aromatic nitrogens is 3. The maximum Gasteiger partial charge on any atom is 0.387 e. The molecule has 2 aromatic rings. The van der Waals surface area contributed by atoms with Crippen molar-refractivity contribution in [1.29, 1.82) is 0 Å². The third-order valence-corrected chi connectivity index (χ3v) is 3.68. The second-order valence-electron chi connectivity index (χ2n) is 5.21. The molecule has 1 aromatic heterocycles. The van der Waals surface area contributed by atoms with Crippen molar-refractivity contribution in [2.24, 2.45) is 4.99 Å². The number of nitrogens with one attached hydrogen (secondary N) is 2. The van der Waals surface area contributed by atoms with E-state index in [1.165, 1.54) is 12.1 Å². The van der Waals surface area contributed by atoms with Gasteiger partial charge in [-0.1, -0.05) is 11.6 Å². The van der Waals surface area contributed by atoms with E-state index in [0.717, 1.165) is 12.4 Å². The highest BCUT2D eigenvalue weighted by atomic mass is 127. The quantitative estimate of drug-likeness (QED) is 0.321. The second kappa shape index (κ2) is 11.9. The number of guanidine groups is 1. The Bertz CT molecular complexity index is 743. The highest BCUT2D eigenvalue weighted by molar-refractivity contribution is 14.0. The summed E-state index contributed by atoms with van der Waals surface area (Å²) in [5.41, 5.74) is 0.465. The normalized spacial score (nSPS) is 11.3. The number of alkyl halides is 2. The summed E-state index contributed by atoms with van der Waals surface area (Å²) in [6.45, 7) is 2.96. The molecule has 27 heavy (non-hydrogen) atoms. The van der Waals surface area contributed by atoms with Gasteiger partial charge in [0, 0.05) is 23.7 Å². The number of rotatable bonds is 8. The van der Waals surface area contributed by atoms with E-state index < -0.39 is 6.61 Å². The van der Waals surface area contributed by atoms with Gasteiger partial charge in [0.15, 0.2) is 11.8 Å². The number of nitrogens with zero attached hydrogens (tertiary/aromatic N) is 4. The van der Waals surface area contributed by atoms with E-state index in [2.05, 4.69) is 30.6 Å². The minimum Gasteiger partial charge on any atom is -0.434 e. The van der Waals surface area contributed by atoms with Gasteiger partial charge in [0.1, 0.15) is 12.1 Å². The summed E-state index contributed by atoms with van der Waals surface area (Å²) in [5.74, 6) is 1.33. The Morgan fingerprint density at radius 2 is 2.11 bits per heavy atom. The summed E-state index contributed by atoms with van der Waals surface area (Å²) in [4.78, 5) is 4.40. The first-order valence-electron chi connectivity index (χ1n) is 8.15. The van der Waals surface area contributed by atoms with Gasteiger partial charge in [0.2, 0.25) is 0 Å². The van der Waals surface area contributed by atoms with Gasteiger partial charge in [-0.2, -0.15) is 8.78 Å². The Labute approximate surface area is 178 Å². The van der Waals surface area contributed by atoms with E-state index in [1.54, 1.807) is 12.4 Å². The van der Waals surface area contributed by atoms with Crippen LogP contribution in [0.5, 0.6) is 5.75 Å². The van der Waals surface area contributed by atoms with Crippen LogP contribution in [0.15, 0.2) is 29.5 Å². The standard InChI is InChI=1S/C16H21ClF2N6O.HI/c1-3-20-16(22-9-14-24-23-10-25(14)4-2)21-8-11-7-12(17)5-6-13(11)26-15(18)19;/h5-7,10,15H,3-4,8-9H2,1-2H3,(H2,20,21,22);1H. The zero-order valence-corrected chi connectivity index (χ0v) is 18.0. The molecule has 11 heteroatoms. The summed E-state index contributed by atoms with van der Waals surface area (Å²) in [6.07, 6.45) is 1.65. The van der Waals surface area contributed by atoms with Gasteiger partial charge in [0.05, 0.1) is 13.1 Å². The van der Waals surface area contributed by atoms with Crippen LogP contribution in [0.1, 0.15) is 25.2 Å². The molecule has 0 saturated heterocycles. The van der Waals surface area contributed by atoms with Crippen LogP contribution in [0.25, 0.3) is 0 Å². The average Bonchev–Trinajstić information content (AvgIpc) is 3.06. The van der Waals surface area contributed by atoms with Crippen molar-refractivity contribution in [2.75, 3.05) is 6.54 Å². The summed E-state index contributed by atoms with van der Waals surface area (Å²) in [7, 11) is 0. The van der Waals surface area contributed by atoms with Crippen LogP contribution in [0.4, 0.5) is 8.78 Å². The third kappa shape index (κ3) is 7.45. The van der Waals surface area contributed by atoms with Crippen molar-refractivity contribution in [3.05, 3.63) is 40.9 Å². The van der Waals surface area contributed by atoms with Crippen molar-refractivity contribution in [3.8, 4) is 5.75 Å². The molecule has 0 aliphatic heterocycles. The fourth-order valence-corrected chi connectivity index (χ4v) is 2.43. The van der Waals surface area contributed by atoms with Gasteiger partial charge >= 0.3 is 6.61 Å². The molecule has 0 unspecified atom stereocenters. The molecular weight excluding hydrogens is 493 g/mol.